The summed E-state index contributed by atoms with van der Waals surface area (Å²) < 4.78 is 33.9. The summed E-state index contributed by atoms with van der Waals surface area (Å²) in [5, 5.41) is 0. The third kappa shape index (κ3) is 41.1. The number of carbonyl (C=O) groups excluding carboxylic acids is 2. The number of esters is 2. The number of rotatable bonds is 38. The number of allylic oxidation sites excluding steroid dienone is 12. The lowest BCUT2D eigenvalue weighted by Crippen LogP contribution is -2.37. The Kier molecular flexibility index (Phi) is 36.3. The molecule has 10 heteroatoms. The van der Waals surface area contributed by atoms with Gasteiger partial charge in [-0.05, 0) is 77.0 Å². The summed E-state index contributed by atoms with van der Waals surface area (Å²) in [5.74, 6) is -0.873. The number of phosphoric ester groups is 1. The number of ether oxygens (including phenoxy) is 2. The standard InChI is InChI=1S/C46H80NO8P/c1-6-8-10-12-14-16-18-20-22-23-25-27-29-31-33-35-37-39-46(49)55-44(43-54-56(50,51)53-41-40-47(3,4)5)42-52-45(48)38-36-34-32-30-28-26-24-21-19-17-15-13-11-9-7-2/h8-11,14-17,20-22,24,44H,6-7,12-13,18-19,23,25-43H2,1-5H3/b10-8-,11-9-,16-14-,17-15-,22-20-,24-21-. The summed E-state index contributed by atoms with van der Waals surface area (Å²) in [4.78, 5) is 37.5. The van der Waals surface area contributed by atoms with Gasteiger partial charge in [0.1, 0.15) is 19.8 Å². The van der Waals surface area contributed by atoms with Crippen molar-refractivity contribution in [3.63, 3.8) is 0 Å². The van der Waals surface area contributed by atoms with Crippen molar-refractivity contribution in [1.82, 2.24) is 0 Å². The predicted octanol–water partition coefficient (Wildman–Crippen LogP) is 11.6. The van der Waals surface area contributed by atoms with Crippen molar-refractivity contribution in [2.24, 2.45) is 0 Å². The molecule has 0 radical (unpaired) electrons. The maximum atomic E-state index is 12.7. The number of quaternary nitrogens is 1. The zero-order valence-electron chi connectivity index (χ0n) is 36.1. The van der Waals surface area contributed by atoms with Crippen LogP contribution in [0, 0.1) is 0 Å². The van der Waals surface area contributed by atoms with E-state index in [-0.39, 0.29) is 26.1 Å². The van der Waals surface area contributed by atoms with Crippen LogP contribution in [0.5, 0.6) is 0 Å². The fourth-order valence-electron chi connectivity index (χ4n) is 5.39. The van der Waals surface area contributed by atoms with Crippen LogP contribution in [-0.4, -0.2) is 70.0 Å². The van der Waals surface area contributed by atoms with Crippen molar-refractivity contribution in [2.75, 3.05) is 47.5 Å². The molecule has 0 spiro atoms. The van der Waals surface area contributed by atoms with Gasteiger partial charge in [0.15, 0.2) is 6.10 Å². The minimum atomic E-state index is -4.63. The van der Waals surface area contributed by atoms with Gasteiger partial charge < -0.3 is 27.9 Å². The van der Waals surface area contributed by atoms with E-state index in [1.807, 2.05) is 21.1 Å². The molecular weight excluding hydrogens is 725 g/mol. The normalized spacial score (nSPS) is 14.3. The van der Waals surface area contributed by atoms with Crippen LogP contribution in [0.1, 0.15) is 155 Å². The molecule has 0 saturated heterocycles. The van der Waals surface area contributed by atoms with Gasteiger partial charge >= 0.3 is 11.9 Å². The molecule has 0 aliphatic rings. The topological polar surface area (TPSA) is 111 Å². The number of hydrogen-bond acceptors (Lipinski definition) is 8. The number of nitrogens with zero attached hydrogens (tertiary/aromatic N) is 1. The first-order valence-corrected chi connectivity index (χ1v) is 23.1. The molecule has 322 valence electrons. The number of phosphoric acid groups is 1. The summed E-state index contributed by atoms with van der Waals surface area (Å²) in [6, 6.07) is 0. The van der Waals surface area contributed by atoms with Crippen molar-refractivity contribution < 1.29 is 42.1 Å². The molecule has 0 aromatic carbocycles. The lowest BCUT2D eigenvalue weighted by atomic mass is 10.1. The Labute approximate surface area is 342 Å². The van der Waals surface area contributed by atoms with Gasteiger partial charge in [-0.25, -0.2) is 0 Å². The van der Waals surface area contributed by atoms with Gasteiger partial charge in [-0.1, -0.05) is 138 Å². The van der Waals surface area contributed by atoms with Crippen LogP contribution in [0.2, 0.25) is 0 Å². The van der Waals surface area contributed by atoms with E-state index in [0.717, 1.165) is 96.3 Å². The lowest BCUT2D eigenvalue weighted by molar-refractivity contribution is -0.870. The van der Waals surface area contributed by atoms with Gasteiger partial charge in [-0.15, -0.1) is 0 Å². The van der Waals surface area contributed by atoms with Crippen LogP contribution in [0.4, 0.5) is 0 Å². The van der Waals surface area contributed by atoms with Crippen molar-refractivity contribution in [1.29, 1.82) is 0 Å². The minimum Gasteiger partial charge on any atom is -0.756 e. The monoisotopic (exact) mass is 806 g/mol. The van der Waals surface area contributed by atoms with Gasteiger partial charge in [-0.2, -0.15) is 0 Å². The van der Waals surface area contributed by atoms with E-state index >= 15 is 0 Å². The molecule has 0 bridgehead atoms. The predicted molar refractivity (Wildman–Crippen MR) is 231 cm³/mol. The Morgan fingerprint density at radius 3 is 1.43 bits per heavy atom. The highest BCUT2D eigenvalue weighted by Gasteiger charge is 2.21. The molecule has 0 aromatic heterocycles. The number of unbranched alkanes of at least 4 members (excludes halogenated alkanes) is 12. The quantitative estimate of drug-likeness (QED) is 0.0199. The first-order valence-electron chi connectivity index (χ1n) is 21.6. The molecule has 0 aliphatic carbocycles. The second-order valence-corrected chi connectivity index (χ2v) is 16.7. The molecule has 9 nitrogen and oxygen atoms in total. The highest BCUT2D eigenvalue weighted by atomic mass is 31.2. The van der Waals surface area contributed by atoms with Crippen LogP contribution in [-0.2, 0) is 32.7 Å². The number of hydrogen-bond donors (Lipinski definition) is 0. The van der Waals surface area contributed by atoms with Crippen LogP contribution < -0.4 is 4.89 Å². The van der Waals surface area contributed by atoms with Crippen molar-refractivity contribution >= 4 is 19.8 Å². The molecule has 2 atom stereocenters. The zero-order valence-corrected chi connectivity index (χ0v) is 36.9. The Balaban J connectivity index is 4.42. The Morgan fingerprint density at radius 2 is 0.964 bits per heavy atom. The summed E-state index contributed by atoms with van der Waals surface area (Å²) in [7, 11) is 1.13. The second kappa shape index (κ2) is 38.0. The van der Waals surface area contributed by atoms with Crippen LogP contribution in [0.25, 0.3) is 0 Å². The van der Waals surface area contributed by atoms with Gasteiger partial charge in [0.25, 0.3) is 7.82 Å². The lowest BCUT2D eigenvalue weighted by Gasteiger charge is -2.28. The highest BCUT2D eigenvalue weighted by Crippen LogP contribution is 2.38. The molecule has 56 heavy (non-hydrogen) atoms. The van der Waals surface area contributed by atoms with Crippen LogP contribution in [0.3, 0.4) is 0 Å². The maximum Gasteiger partial charge on any atom is 0.306 e. The largest absolute Gasteiger partial charge is 0.756 e. The van der Waals surface area contributed by atoms with E-state index in [4.69, 9.17) is 18.5 Å². The van der Waals surface area contributed by atoms with E-state index in [0.29, 0.717) is 23.9 Å². The highest BCUT2D eigenvalue weighted by molar-refractivity contribution is 7.45. The van der Waals surface area contributed by atoms with Gasteiger partial charge in [0, 0.05) is 12.8 Å². The van der Waals surface area contributed by atoms with E-state index in [2.05, 4.69) is 86.8 Å². The molecule has 0 aromatic rings. The second-order valence-electron chi connectivity index (χ2n) is 15.3. The molecule has 0 aliphatic heterocycles. The third-order valence-corrected chi connectivity index (χ3v) is 9.69. The van der Waals surface area contributed by atoms with E-state index in [1.165, 1.54) is 19.3 Å². The maximum absolute atomic E-state index is 12.7. The van der Waals surface area contributed by atoms with E-state index in [1.54, 1.807) is 0 Å². The molecule has 2 unspecified atom stereocenters. The van der Waals surface area contributed by atoms with Crippen molar-refractivity contribution in [3.05, 3.63) is 72.9 Å². The molecular formula is C46H80NO8P. The summed E-state index contributed by atoms with van der Waals surface area (Å²) >= 11 is 0. The Bertz CT molecular complexity index is 1180. The smallest absolute Gasteiger partial charge is 0.306 e. The molecule has 0 saturated carbocycles. The molecule has 0 rings (SSSR count). The molecule has 0 heterocycles. The Hall–Kier alpha value is -2.55. The minimum absolute atomic E-state index is 0.0397. The van der Waals surface area contributed by atoms with Gasteiger partial charge in [0.05, 0.1) is 27.7 Å². The first-order chi connectivity index (χ1) is 27.0. The van der Waals surface area contributed by atoms with Crippen molar-refractivity contribution in [2.45, 2.75) is 161 Å². The summed E-state index contributed by atoms with van der Waals surface area (Å²) in [6.07, 6.45) is 46.4. The fraction of sp³-hybridized carbons (Fsp3) is 0.696. The van der Waals surface area contributed by atoms with Gasteiger partial charge in [-0.3, -0.25) is 14.2 Å². The number of carbonyl (C=O) groups is 2. The van der Waals surface area contributed by atoms with E-state index in [9.17, 15) is 19.0 Å². The summed E-state index contributed by atoms with van der Waals surface area (Å²) in [5.41, 5.74) is 0. The Morgan fingerprint density at radius 1 is 0.554 bits per heavy atom. The zero-order chi connectivity index (χ0) is 41.4. The van der Waals surface area contributed by atoms with Crippen molar-refractivity contribution in [3.8, 4) is 0 Å². The average Bonchev–Trinajstić information content (AvgIpc) is 3.15. The third-order valence-electron chi connectivity index (χ3n) is 8.72. The molecule has 0 fully saturated rings. The molecule has 0 N–H and O–H groups in total. The average molecular weight is 806 g/mol. The fourth-order valence-corrected chi connectivity index (χ4v) is 6.12. The van der Waals surface area contributed by atoms with Gasteiger partial charge in [0.2, 0.25) is 0 Å². The van der Waals surface area contributed by atoms with E-state index < -0.39 is 32.5 Å². The SMILES string of the molecule is CC/C=C\C/C=C\C/C=C\CCCCCCCCCC(=O)OC(COC(=O)CCCCCCC/C=C\C/C=C\C/C=C\CC)COP(=O)([O-])OCC[N+](C)(C)C. The first kappa shape index (κ1) is 53.5. The molecule has 0 amide bonds. The summed E-state index contributed by atoms with van der Waals surface area (Å²) in [6.45, 7) is 3.95. The van der Waals surface area contributed by atoms with Crippen LogP contribution >= 0.6 is 7.82 Å². The number of likely N-dealkylation sites (N-methyl/N-ethyl adjacent to an activating group) is 1. The van der Waals surface area contributed by atoms with Crippen LogP contribution in [0.15, 0.2) is 72.9 Å².